The van der Waals surface area contributed by atoms with Gasteiger partial charge in [0.25, 0.3) is 5.91 Å². The summed E-state index contributed by atoms with van der Waals surface area (Å²) in [6.07, 6.45) is -3.01. The van der Waals surface area contributed by atoms with Crippen LogP contribution >= 0.6 is 0 Å². The van der Waals surface area contributed by atoms with Gasteiger partial charge in [-0.3, -0.25) is 19.9 Å². The highest BCUT2D eigenvalue weighted by molar-refractivity contribution is 7.92. The highest BCUT2D eigenvalue weighted by Crippen LogP contribution is 2.28. The maximum atomic E-state index is 14.2. The van der Waals surface area contributed by atoms with Crippen molar-refractivity contribution in [3.63, 3.8) is 0 Å². The number of benzene rings is 4. The second kappa shape index (κ2) is 12.8. The van der Waals surface area contributed by atoms with Crippen molar-refractivity contribution in [2.75, 3.05) is 0 Å². The number of fused-ring (bicyclic) bond motifs is 2. The minimum Gasteiger partial charge on any atom is -0.450 e. The highest BCUT2D eigenvalue weighted by Gasteiger charge is 2.43. The Labute approximate surface area is 259 Å². The molecule has 3 atom stereocenters. The van der Waals surface area contributed by atoms with Gasteiger partial charge in [-0.1, -0.05) is 78.9 Å². The molecule has 0 spiro atoms. The van der Waals surface area contributed by atoms with Gasteiger partial charge in [-0.25, -0.2) is 13.2 Å². The van der Waals surface area contributed by atoms with Crippen LogP contribution in [-0.2, 0) is 43.5 Å². The molecule has 0 fully saturated rings. The van der Waals surface area contributed by atoms with Gasteiger partial charge in [-0.2, -0.15) is 0 Å². The minimum atomic E-state index is -4.61. The minimum absolute atomic E-state index is 0.0111. The van der Waals surface area contributed by atoms with Gasteiger partial charge in [0.2, 0.25) is 21.1 Å². The number of amidine groups is 1. The molecule has 0 saturated heterocycles. The van der Waals surface area contributed by atoms with E-state index in [1.54, 1.807) is 78.9 Å². The Morgan fingerprint density at radius 3 is 2.27 bits per heavy atom. The number of nitrogen functional groups attached to an aromatic ring is 1. The Hall–Kier alpha value is -5.27. The van der Waals surface area contributed by atoms with Crippen molar-refractivity contribution in [1.29, 1.82) is 5.41 Å². The van der Waals surface area contributed by atoms with Crippen LogP contribution in [0.3, 0.4) is 0 Å². The number of hydrogen-bond acceptors (Lipinski definition) is 8. The molecule has 232 valence electrons. The van der Waals surface area contributed by atoms with Crippen molar-refractivity contribution in [2.24, 2.45) is 11.5 Å². The number of rotatable bonds is 9. The fraction of sp³-hybridized carbons (Fsp3) is 0.188. The van der Waals surface area contributed by atoms with E-state index in [1.165, 1.54) is 12.1 Å². The molecule has 12 nitrogen and oxygen atoms in total. The molecule has 4 aromatic rings. The molecule has 7 N–H and O–H groups in total. The van der Waals surface area contributed by atoms with Crippen molar-refractivity contribution in [2.45, 2.75) is 41.9 Å². The first-order valence-corrected chi connectivity index (χ1v) is 15.5. The summed E-state index contributed by atoms with van der Waals surface area (Å²) in [6.45, 7) is -0.152. The first-order chi connectivity index (χ1) is 21.4. The fourth-order valence-corrected chi connectivity index (χ4v) is 6.74. The summed E-state index contributed by atoms with van der Waals surface area (Å²) in [4.78, 5) is 40.0. The summed E-state index contributed by atoms with van der Waals surface area (Å²) in [7, 11) is -4.61. The van der Waals surface area contributed by atoms with Crippen LogP contribution in [0.2, 0.25) is 0 Å². The van der Waals surface area contributed by atoms with Crippen LogP contribution in [0.4, 0.5) is 4.79 Å². The fourth-order valence-electron chi connectivity index (χ4n) is 5.24. The van der Waals surface area contributed by atoms with Crippen LogP contribution < -0.4 is 16.8 Å². The molecule has 4 aromatic carbocycles. The third kappa shape index (κ3) is 6.79. The van der Waals surface area contributed by atoms with Gasteiger partial charge in [0.15, 0.2) is 6.23 Å². The van der Waals surface area contributed by atoms with E-state index in [2.05, 4.69) is 5.32 Å². The van der Waals surface area contributed by atoms with E-state index >= 15 is 0 Å². The monoisotopic (exact) mass is 629 g/mol. The molecule has 0 radical (unpaired) electrons. The number of sulfone groups is 1. The highest BCUT2D eigenvalue weighted by atomic mass is 32.2. The summed E-state index contributed by atoms with van der Waals surface area (Å²) in [5, 5.41) is 18.5. The van der Waals surface area contributed by atoms with E-state index < -0.39 is 45.5 Å². The SMILES string of the molecule is N=C(N)c1ccc(C[C@H](N)C(=O)NC(C(=O)N2Cc3ccccc3CC2OC(=O)O)S(=O)(=O)c2ccc3ccccc3c2)cc1. The average Bonchev–Trinajstić information content (AvgIpc) is 3.02. The van der Waals surface area contributed by atoms with Gasteiger partial charge in [0, 0.05) is 18.5 Å². The number of hydrogen-bond donors (Lipinski definition) is 5. The zero-order chi connectivity index (χ0) is 32.3. The number of nitrogens with two attached hydrogens (primary N) is 2. The molecule has 2 unspecified atom stereocenters. The Morgan fingerprint density at radius 2 is 1.60 bits per heavy atom. The van der Waals surface area contributed by atoms with Crippen LogP contribution in [-0.4, -0.2) is 59.9 Å². The van der Waals surface area contributed by atoms with Crippen molar-refractivity contribution in [3.8, 4) is 0 Å². The predicted octanol–water partition coefficient (Wildman–Crippen LogP) is 2.52. The number of carbonyl (C=O) groups excluding carboxylic acids is 2. The average molecular weight is 630 g/mol. The quantitative estimate of drug-likeness (QED) is 0.105. The molecule has 0 aliphatic carbocycles. The number of carbonyl (C=O) groups is 3. The Bertz CT molecular complexity index is 1900. The van der Waals surface area contributed by atoms with E-state index in [4.69, 9.17) is 21.6 Å². The molecule has 1 aliphatic heterocycles. The lowest BCUT2D eigenvalue weighted by atomic mass is 9.98. The summed E-state index contributed by atoms with van der Waals surface area (Å²) >= 11 is 0. The summed E-state index contributed by atoms with van der Waals surface area (Å²) in [5.74, 6) is -2.12. The number of amides is 2. The summed E-state index contributed by atoms with van der Waals surface area (Å²) in [6, 6.07) is 23.6. The number of nitrogens with one attached hydrogen (secondary N) is 2. The molecular weight excluding hydrogens is 598 g/mol. The van der Waals surface area contributed by atoms with E-state index in [0.717, 1.165) is 15.8 Å². The predicted molar refractivity (Wildman–Crippen MR) is 166 cm³/mol. The molecular formula is C32H31N5O7S. The third-order valence-corrected chi connectivity index (χ3v) is 9.49. The molecule has 2 amide bonds. The lowest BCUT2D eigenvalue weighted by molar-refractivity contribution is -0.146. The van der Waals surface area contributed by atoms with Crippen molar-refractivity contribution < 1.29 is 32.6 Å². The topological polar surface area (TPSA) is 206 Å². The van der Waals surface area contributed by atoms with Crippen LogP contribution in [0.5, 0.6) is 0 Å². The molecule has 1 heterocycles. The van der Waals surface area contributed by atoms with Crippen molar-refractivity contribution in [3.05, 3.63) is 113 Å². The third-order valence-electron chi connectivity index (χ3n) is 7.64. The Morgan fingerprint density at radius 1 is 0.956 bits per heavy atom. The first kappa shape index (κ1) is 31.2. The molecule has 0 aromatic heterocycles. The zero-order valence-electron chi connectivity index (χ0n) is 23.9. The van der Waals surface area contributed by atoms with Crippen molar-refractivity contribution >= 4 is 44.4 Å². The van der Waals surface area contributed by atoms with Crippen LogP contribution in [0, 0.1) is 5.41 Å². The molecule has 1 aliphatic rings. The van der Waals surface area contributed by atoms with E-state index in [-0.39, 0.29) is 30.1 Å². The lowest BCUT2D eigenvalue weighted by Crippen LogP contribution is -2.59. The van der Waals surface area contributed by atoms with Crippen LogP contribution in [0.25, 0.3) is 10.8 Å². The number of carboxylic acid groups (broad SMARTS) is 1. The van der Waals surface area contributed by atoms with Crippen LogP contribution in [0.15, 0.2) is 95.9 Å². The normalized spacial score (nSPS) is 15.8. The van der Waals surface area contributed by atoms with E-state index in [9.17, 15) is 27.9 Å². The molecule has 45 heavy (non-hydrogen) atoms. The van der Waals surface area contributed by atoms with Gasteiger partial charge in [0.1, 0.15) is 5.84 Å². The van der Waals surface area contributed by atoms with Crippen molar-refractivity contribution in [1.82, 2.24) is 10.2 Å². The van der Waals surface area contributed by atoms with E-state index in [1.807, 2.05) is 0 Å². The second-order valence-electron chi connectivity index (χ2n) is 10.6. The standard InChI is InChI=1S/C32H31N5O7S/c33-26(15-19-9-11-21(12-10-19)28(34)35)29(38)36-30(45(42,43)25-14-13-20-5-1-2-6-22(20)16-25)31(39)37-18-24-8-4-3-7-23(24)17-27(37)44-32(40)41/h1-14,16,26-27,30H,15,17-18,33H2,(H3,34,35)(H,36,38)(H,40,41)/t26-,27?,30?/m0/s1. The molecule has 0 bridgehead atoms. The lowest BCUT2D eigenvalue weighted by Gasteiger charge is -2.37. The van der Waals surface area contributed by atoms with Gasteiger partial charge >= 0.3 is 6.16 Å². The summed E-state index contributed by atoms with van der Waals surface area (Å²) in [5.41, 5.74) is 14.2. The summed E-state index contributed by atoms with van der Waals surface area (Å²) < 4.78 is 33.4. The van der Waals surface area contributed by atoms with E-state index in [0.29, 0.717) is 22.1 Å². The molecule has 0 saturated carbocycles. The first-order valence-electron chi connectivity index (χ1n) is 13.9. The Kier molecular flexibility index (Phi) is 8.84. The second-order valence-corrected chi connectivity index (χ2v) is 12.7. The van der Waals surface area contributed by atoms with Gasteiger partial charge in [-0.05, 0) is 46.0 Å². The molecule has 5 rings (SSSR count). The smallest absolute Gasteiger partial charge is 0.450 e. The molecule has 13 heteroatoms. The van der Waals surface area contributed by atoms with Gasteiger partial charge < -0.3 is 26.6 Å². The van der Waals surface area contributed by atoms with Gasteiger partial charge in [-0.15, -0.1) is 0 Å². The van der Waals surface area contributed by atoms with Crippen LogP contribution in [0.1, 0.15) is 22.3 Å². The Balaban J connectivity index is 1.50. The maximum Gasteiger partial charge on any atom is 0.507 e. The largest absolute Gasteiger partial charge is 0.507 e. The number of ether oxygens (including phenoxy) is 1. The zero-order valence-corrected chi connectivity index (χ0v) is 24.7. The van der Waals surface area contributed by atoms with Gasteiger partial charge in [0.05, 0.1) is 10.9 Å². The maximum absolute atomic E-state index is 14.2. The number of nitrogens with zero attached hydrogens (tertiary/aromatic N) is 1.